The number of hydrogen-bond donors (Lipinski definition) is 2. The van der Waals surface area contributed by atoms with E-state index < -0.39 is 60.9 Å². The summed E-state index contributed by atoms with van der Waals surface area (Å²) >= 11 is 0. The number of ether oxygens (including phenoxy) is 5. The van der Waals surface area contributed by atoms with Crippen LogP contribution < -0.4 is 10.9 Å². The highest BCUT2D eigenvalue weighted by atomic mass is 16.6. The van der Waals surface area contributed by atoms with Gasteiger partial charge in [0.05, 0.1) is 17.6 Å². The van der Waals surface area contributed by atoms with E-state index in [1.165, 1.54) is 6.21 Å². The molecule has 14 nitrogen and oxygen atoms in total. The van der Waals surface area contributed by atoms with Crippen LogP contribution in [0.4, 0.5) is 11.4 Å². The van der Waals surface area contributed by atoms with Crippen molar-refractivity contribution >= 4 is 53.1 Å². The number of hydrazone groups is 2. The molecule has 2 aromatic rings. The van der Waals surface area contributed by atoms with Crippen LogP contribution in [-0.2, 0) is 47.7 Å². The number of hydrogen-bond acceptors (Lipinski definition) is 14. The Bertz CT molecular complexity index is 1300. The van der Waals surface area contributed by atoms with Gasteiger partial charge >= 0.3 is 29.8 Å². The molecule has 0 saturated heterocycles. The van der Waals surface area contributed by atoms with E-state index in [4.69, 9.17) is 23.7 Å². The molecule has 0 aliphatic rings. The van der Waals surface area contributed by atoms with Crippen molar-refractivity contribution in [3.05, 3.63) is 60.7 Å². The molecular formula is C29H34N4O10. The van der Waals surface area contributed by atoms with Gasteiger partial charge < -0.3 is 23.7 Å². The SMILES string of the molecule is CC(=O)OC[C@H](OC(C)=O)[C@H](OC(C)=O)[C@H](OC(C)=O)[C@H](OC(C)=O)C(/C=N/Nc1ccccc1)=N/Nc1ccccc1. The fourth-order valence-corrected chi connectivity index (χ4v) is 3.62. The Morgan fingerprint density at radius 1 is 0.651 bits per heavy atom. The van der Waals surface area contributed by atoms with Crippen molar-refractivity contribution in [2.24, 2.45) is 10.2 Å². The van der Waals surface area contributed by atoms with Gasteiger partial charge in [0, 0.05) is 34.6 Å². The Hall–Kier alpha value is -5.27. The summed E-state index contributed by atoms with van der Waals surface area (Å²) in [4.78, 5) is 60.5. The molecular weight excluding hydrogens is 564 g/mol. The van der Waals surface area contributed by atoms with E-state index >= 15 is 0 Å². The molecule has 0 aliphatic heterocycles. The van der Waals surface area contributed by atoms with E-state index in [1.54, 1.807) is 54.6 Å². The predicted octanol–water partition coefficient (Wildman–Crippen LogP) is 2.84. The van der Waals surface area contributed by atoms with Crippen molar-refractivity contribution in [2.45, 2.75) is 59.0 Å². The first-order chi connectivity index (χ1) is 20.5. The van der Waals surface area contributed by atoms with Crippen molar-refractivity contribution in [1.29, 1.82) is 0 Å². The van der Waals surface area contributed by atoms with Crippen LogP contribution in [0, 0.1) is 0 Å². The van der Waals surface area contributed by atoms with Gasteiger partial charge in [0.2, 0.25) is 0 Å². The van der Waals surface area contributed by atoms with E-state index in [0.29, 0.717) is 11.4 Å². The number of esters is 5. The number of anilines is 2. The highest BCUT2D eigenvalue weighted by Crippen LogP contribution is 2.22. The summed E-state index contributed by atoms with van der Waals surface area (Å²) in [5.74, 6) is -4.13. The first-order valence-corrected chi connectivity index (χ1v) is 13.0. The topological polar surface area (TPSA) is 180 Å². The standard InChI is InChI=1S/C29H34N4O10/c1-18(34)39-17-26(40-19(2)35)28(42-21(4)37)29(43-22(5)38)27(41-20(3)36)25(33-32-24-14-10-7-11-15-24)16-30-31-23-12-8-6-9-13-23/h6-16,26-29,31-32H,17H2,1-5H3/b30-16+,33-25+/t26-,27+,28-,29+/m0/s1. The monoisotopic (exact) mass is 598 g/mol. The van der Waals surface area contributed by atoms with Crippen LogP contribution >= 0.6 is 0 Å². The molecule has 2 N–H and O–H groups in total. The van der Waals surface area contributed by atoms with Crippen molar-refractivity contribution in [2.75, 3.05) is 17.5 Å². The third-order valence-electron chi connectivity index (χ3n) is 5.20. The van der Waals surface area contributed by atoms with Gasteiger partial charge in [0.25, 0.3) is 0 Å². The first-order valence-electron chi connectivity index (χ1n) is 13.0. The minimum Gasteiger partial charge on any atom is -0.462 e. The molecule has 0 aliphatic carbocycles. The molecule has 0 bridgehead atoms. The molecule has 4 atom stereocenters. The molecule has 43 heavy (non-hydrogen) atoms. The van der Waals surface area contributed by atoms with Gasteiger partial charge in [-0.15, -0.1) is 0 Å². The zero-order valence-corrected chi connectivity index (χ0v) is 24.3. The summed E-state index contributed by atoms with van der Waals surface area (Å²) in [6.07, 6.45) is -5.21. The molecule has 2 aromatic carbocycles. The second kappa shape index (κ2) is 17.5. The Balaban J connectivity index is 2.69. The first kappa shape index (κ1) is 33.9. The quantitative estimate of drug-likeness (QED) is 0.133. The zero-order valence-electron chi connectivity index (χ0n) is 24.3. The van der Waals surface area contributed by atoms with Gasteiger partial charge in [0.15, 0.2) is 24.4 Å². The maximum absolute atomic E-state index is 12.4. The fourth-order valence-electron chi connectivity index (χ4n) is 3.62. The predicted molar refractivity (Wildman–Crippen MR) is 155 cm³/mol. The summed E-state index contributed by atoms with van der Waals surface area (Å²) in [6, 6.07) is 17.6. The van der Waals surface area contributed by atoms with E-state index in [-0.39, 0.29) is 5.71 Å². The van der Waals surface area contributed by atoms with E-state index in [1.807, 2.05) is 6.07 Å². The number of para-hydroxylation sites is 2. The van der Waals surface area contributed by atoms with Crippen molar-refractivity contribution < 1.29 is 47.7 Å². The molecule has 0 aromatic heterocycles. The summed E-state index contributed by atoms with van der Waals surface area (Å²) in [5.41, 5.74) is 6.66. The Labute approximate surface area is 248 Å². The Morgan fingerprint density at radius 3 is 1.63 bits per heavy atom. The van der Waals surface area contributed by atoms with Crippen molar-refractivity contribution in [1.82, 2.24) is 0 Å². The molecule has 230 valence electrons. The summed E-state index contributed by atoms with van der Waals surface area (Å²) in [6.45, 7) is 4.84. The van der Waals surface area contributed by atoms with E-state index in [9.17, 15) is 24.0 Å². The normalized spacial score (nSPS) is 13.9. The van der Waals surface area contributed by atoms with Gasteiger partial charge in [-0.05, 0) is 24.3 Å². The van der Waals surface area contributed by atoms with Crippen molar-refractivity contribution in [3.8, 4) is 0 Å². The summed E-state index contributed by atoms with van der Waals surface area (Å²) in [7, 11) is 0. The maximum atomic E-state index is 12.4. The van der Waals surface area contributed by atoms with E-state index in [2.05, 4.69) is 21.1 Å². The maximum Gasteiger partial charge on any atom is 0.303 e. The summed E-state index contributed by atoms with van der Waals surface area (Å²) < 4.78 is 26.9. The van der Waals surface area contributed by atoms with Gasteiger partial charge in [-0.3, -0.25) is 34.8 Å². The average molecular weight is 599 g/mol. The second-order valence-corrected chi connectivity index (χ2v) is 8.88. The van der Waals surface area contributed by atoms with Crippen LogP contribution in [-0.4, -0.2) is 72.8 Å². The van der Waals surface area contributed by atoms with Gasteiger partial charge in [0.1, 0.15) is 12.3 Å². The third kappa shape index (κ3) is 12.8. The number of carbonyl (C=O) groups is 5. The number of nitrogens with one attached hydrogen (secondary N) is 2. The van der Waals surface area contributed by atoms with Crippen LogP contribution in [0.2, 0.25) is 0 Å². The van der Waals surface area contributed by atoms with E-state index in [0.717, 1.165) is 34.6 Å². The van der Waals surface area contributed by atoms with Gasteiger partial charge in [-0.1, -0.05) is 36.4 Å². The van der Waals surface area contributed by atoms with Gasteiger partial charge in [-0.25, -0.2) is 0 Å². The minimum absolute atomic E-state index is 0.111. The molecule has 0 fully saturated rings. The van der Waals surface area contributed by atoms with Crippen LogP contribution in [0.5, 0.6) is 0 Å². The van der Waals surface area contributed by atoms with Crippen LogP contribution in [0.15, 0.2) is 70.9 Å². The molecule has 2 rings (SSSR count). The number of nitrogens with zero attached hydrogens (tertiary/aromatic N) is 2. The van der Waals surface area contributed by atoms with Gasteiger partial charge in [-0.2, -0.15) is 10.2 Å². The Kier molecular flexibility index (Phi) is 13.8. The molecule has 0 radical (unpaired) electrons. The number of rotatable bonds is 15. The lowest BCUT2D eigenvalue weighted by Crippen LogP contribution is -2.55. The summed E-state index contributed by atoms with van der Waals surface area (Å²) in [5, 5.41) is 8.51. The van der Waals surface area contributed by atoms with Crippen LogP contribution in [0.1, 0.15) is 34.6 Å². The largest absolute Gasteiger partial charge is 0.462 e. The third-order valence-corrected chi connectivity index (χ3v) is 5.20. The van der Waals surface area contributed by atoms with Crippen molar-refractivity contribution in [3.63, 3.8) is 0 Å². The number of carbonyl (C=O) groups excluding carboxylic acids is 5. The smallest absolute Gasteiger partial charge is 0.303 e. The molecule has 14 heteroatoms. The highest BCUT2D eigenvalue weighted by Gasteiger charge is 2.45. The molecule has 0 spiro atoms. The molecule has 0 amide bonds. The fraction of sp³-hybridized carbons (Fsp3) is 0.345. The second-order valence-electron chi connectivity index (χ2n) is 8.88. The molecule has 0 saturated carbocycles. The van der Waals surface area contributed by atoms with Crippen LogP contribution in [0.3, 0.4) is 0 Å². The number of benzene rings is 2. The lowest BCUT2D eigenvalue weighted by atomic mass is 9.98. The Morgan fingerprint density at radius 2 is 1.14 bits per heavy atom. The lowest BCUT2D eigenvalue weighted by molar-refractivity contribution is -0.197. The zero-order chi connectivity index (χ0) is 31.8. The van der Waals surface area contributed by atoms with Crippen LogP contribution in [0.25, 0.3) is 0 Å². The molecule has 0 heterocycles. The molecule has 0 unspecified atom stereocenters. The average Bonchev–Trinajstić information content (AvgIpc) is 2.94. The lowest BCUT2D eigenvalue weighted by Gasteiger charge is -2.35. The highest BCUT2D eigenvalue weighted by molar-refractivity contribution is 6.33. The minimum atomic E-state index is -1.68.